The molecule has 1 amide bonds. The summed E-state index contributed by atoms with van der Waals surface area (Å²) in [6.07, 6.45) is 1.39. The highest BCUT2D eigenvalue weighted by Crippen LogP contribution is 2.35. The van der Waals surface area contributed by atoms with Crippen molar-refractivity contribution in [2.45, 2.75) is 20.8 Å². The predicted molar refractivity (Wildman–Crippen MR) is 99.1 cm³/mol. The Hall–Kier alpha value is -2.87. The van der Waals surface area contributed by atoms with Crippen molar-refractivity contribution in [1.82, 2.24) is 10.1 Å². The zero-order valence-corrected chi connectivity index (χ0v) is 15.6. The van der Waals surface area contributed by atoms with Crippen LogP contribution in [0.15, 0.2) is 34.3 Å². The van der Waals surface area contributed by atoms with E-state index in [1.165, 1.54) is 17.5 Å². The molecular weight excluding hydrogens is 354 g/mol. The van der Waals surface area contributed by atoms with Crippen LogP contribution in [0.25, 0.3) is 11.3 Å². The van der Waals surface area contributed by atoms with Crippen molar-refractivity contribution < 1.29 is 18.8 Å². The van der Waals surface area contributed by atoms with E-state index in [1.54, 1.807) is 6.92 Å². The summed E-state index contributed by atoms with van der Waals surface area (Å²) in [6, 6.07) is 5.61. The van der Waals surface area contributed by atoms with Crippen LogP contribution in [-0.4, -0.2) is 29.3 Å². The van der Waals surface area contributed by atoms with Crippen LogP contribution < -0.4 is 14.8 Å². The van der Waals surface area contributed by atoms with Crippen LogP contribution in [0.5, 0.6) is 11.5 Å². The van der Waals surface area contributed by atoms with Crippen LogP contribution in [0.3, 0.4) is 0 Å². The first kappa shape index (κ1) is 17.9. The van der Waals surface area contributed by atoms with Crippen molar-refractivity contribution in [2.75, 3.05) is 18.5 Å². The van der Waals surface area contributed by atoms with E-state index in [-0.39, 0.29) is 5.91 Å². The molecule has 26 heavy (non-hydrogen) atoms. The van der Waals surface area contributed by atoms with Gasteiger partial charge in [0.1, 0.15) is 22.8 Å². The third-order valence-corrected chi connectivity index (χ3v) is 4.32. The molecule has 136 valence electrons. The van der Waals surface area contributed by atoms with E-state index in [9.17, 15) is 4.79 Å². The van der Waals surface area contributed by atoms with Gasteiger partial charge in [0.25, 0.3) is 5.91 Å². The highest BCUT2D eigenvalue weighted by molar-refractivity contribution is 7.14. The number of nitrogens with one attached hydrogen (secondary N) is 1. The van der Waals surface area contributed by atoms with E-state index in [1.807, 2.05) is 37.4 Å². The van der Waals surface area contributed by atoms with Gasteiger partial charge in [0.05, 0.1) is 25.1 Å². The molecule has 0 radical (unpaired) electrons. The number of carbonyl (C=O) groups excluding carboxylic acids is 1. The molecule has 0 saturated carbocycles. The smallest absolute Gasteiger partial charge is 0.262 e. The zero-order chi connectivity index (χ0) is 18.5. The van der Waals surface area contributed by atoms with Gasteiger partial charge in [-0.3, -0.25) is 10.1 Å². The number of rotatable bonds is 7. The lowest BCUT2D eigenvalue weighted by molar-refractivity contribution is 0.102. The molecule has 0 spiro atoms. The number of hydrogen-bond acceptors (Lipinski definition) is 7. The van der Waals surface area contributed by atoms with Crippen molar-refractivity contribution >= 4 is 22.4 Å². The van der Waals surface area contributed by atoms with Gasteiger partial charge in [-0.15, -0.1) is 11.3 Å². The first-order valence-corrected chi connectivity index (χ1v) is 9.08. The average Bonchev–Trinajstić information content (AvgIpc) is 3.25. The number of anilines is 1. The minimum absolute atomic E-state index is 0.308. The predicted octanol–water partition coefficient (Wildman–Crippen LogP) is 4.16. The van der Waals surface area contributed by atoms with E-state index in [0.29, 0.717) is 41.1 Å². The van der Waals surface area contributed by atoms with E-state index in [0.717, 1.165) is 11.3 Å². The van der Waals surface area contributed by atoms with Crippen molar-refractivity contribution in [3.63, 3.8) is 0 Å². The topological polar surface area (TPSA) is 86.5 Å². The van der Waals surface area contributed by atoms with Gasteiger partial charge in [0, 0.05) is 10.9 Å². The van der Waals surface area contributed by atoms with E-state index < -0.39 is 0 Å². The van der Waals surface area contributed by atoms with Gasteiger partial charge >= 0.3 is 0 Å². The highest BCUT2D eigenvalue weighted by atomic mass is 32.1. The van der Waals surface area contributed by atoms with Gasteiger partial charge in [-0.1, -0.05) is 5.16 Å². The van der Waals surface area contributed by atoms with Gasteiger partial charge in [0.15, 0.2) is 5.13 Å². The molecule has 0 bridgehead atoms. The summed E-state index contributed by atoms with van der Waals surface area (Å²) in [5.41, 5.74) is 1.91. The van der Waals surface area contributed by atoms with Crippen molar-refractivity contribution in [2.24, 2.45) is 0 Å². The van der Waals surface area contributed by atoms with E-state index >= 15 is 0 Å². The summed E-state index contributed by atoms with van der Waals surface area (Å²) in [6.45, 7) is 6.65. The van der Waals surface area contributed by atoms with Crippen molar-refractivity contribution in [1.29, 1.82) is 0 Å². The lowest BCUT2D eigenvalue weighted by Crippen LogP contribution is -2.11. The number of aryl methyl sites for hydroxylation is 1. The normalized spacial score (nSPS) is 10.6. The Labute approximate surface area is 154 Å². The summed E-state index contributed by atoms with van der Waals surface area (Å²) in [4.78, 5) is 16.8. The second-order valence-electron chi connectivity index (χ2n) is 5.31. The van der Waals surface area contributed by atoms with Crippen LogP contribution in [0, 0.1) is 6.92 Å². The van der Waals surface area contributed by atoms with E-state index in [4.69, 9.17) is 14.0 Å². The first-order valence-electron chi connectivity index (χ1n) is 8.20. The monoisotopic (exact) mass is 373 g/mol. The fourth-order valence-corrected chi connectivity index (χ4v) is 3.09. The summed E-state index contributed by atoms with van der Waals surface area (Å²) >= 11 is 1.33. The molecule has 7 nitrogen and oxygen atoms in total. The minimum Gasteiger partial charge on any atom is -0.494 e. The molecule has 0 aliphatic rings. The molecule has 0 fully saturated rings. The van der Waals surface area contributed by atoms with Crippen molar-refractivity contribution in [3.05, 3.63) is 41.1 Å². The third kappa shape index (κ3) is 3.85. The molecule has 1 aromatic carbocycles. The maximum absolute atomic E-state index is 12.3. The van der Waals surface area contributed by atoms with Crippen LogP contribution in [0.1, 0.15) is 30.0 Å². The Kier molecular flexibility index (Phi) is 5.52. The molecule has 3 rings (SSSR count). The van der Waals surface area contributed by atoms with E-state index in [2.05, 4.69) is 15.5 Å². The second kappa shape index (κ2) is 8.01. The maximum atomic E-state index is 12.3. The Morgan fingerprint density at radius 3 is 2.77 bits per heavy atom. The Balaban J connectivity index is 1.85. The number of thiazole rings is 1. The molecule has 3 aromatic rings. The summed E-state index contributed by atoms with van der Waals surface area (Å²) < 4.78 is 16.2. The SMILES string of the molecule is CCOc1ccc(OCC)c(-c2csc(NC(=O)c3cnoc3C)n2)c1. The number of amides is 1. The van der Waals surface area contributed by atoms with Crippen LogP contribution in [0.2, 0.25) is 0 Å². The van der Waals surface area contributed by atoms with Gasteiger partial charge in [0.2, 0.25) is 0 Å². The molecule has 0 aliphatic heterocycles. The van der Waals surface area contributed by atoms with Crippen LogP contribution in [-0.2, 0) is 0 Å². The number of carbonyl (C=O) groups is 1. The van der Waals surface area contributed by atoms with Gasteiger partial charge < -0.3 is 14.0 Å². The highest BCUT2D eigenvalue weighted by Gasteiger charge is 2.16. The number of hydrogen-bond donors (Lipinski definition) is 1. The van der Waals surface area contributed by atoms with Gasteiger partial charge in [-0.25, -0.2) is 4.98 Å². The summed E-state index contributed by atoms with van der Waals surface area (Å²) in [5.74, 6) is 1.61. The number of ether oxygens (including phenoxy) is 2. The molecule has 2 aromatic heterocycles. The number of nitrogens with zero attached hydrogens (tertiary/aromatic N) is 2. The molecule has 8 heteroatoms. The lowest BCUT2D eigenvalue weighted by atomic mass is 10.1. The quantitative estimate of drug-likeness (QED) is 0.669. The summed E-state index contributed by atoms with van der Waals surface area (Å²) in [7, 11) is 0. The molecular formula is C18H19N3O4S. The molecule has 0 aliphatic carbocycles. The lowest BCUT2D eigenvalue weighted by Gasteiger charge is -2.11. The second-order valence-corrected chi connectivity index (χ2v) is 6.17. The fourth-order valence-electron chi connectivity index (χ4n) is 2.38. The fraction of sp³-hybridized carbons (Fsp3) is 0.278. The minimum atomic E-state index is -0.308. The number of benzene rings is 1. The molecule has 1 N–H and O–H groups in total. The van der Waals surface area contributed by atoms with Crippen molar-refractivity contribution in [3.8, 4) is 22.8 Å². The molecule has 0 saturated heterocycles. The molecule has 0 unspecified atom stereocenters. The average molecular weight is 373 g/mol. The molecule has 2 heterocycles. The number of aromatic nitrogens is 2. The molecule has 0 atom stereocenters. The Bertz CT molecular complexity index is 903. The van der Waals surface area contributed by atoms with Crippen LogP contribution >= 0.6 is 11.3 Å². The summed E-state index contributed by atoms with van der Waals surface area (Å²) in [5, 5.41) is 8.72. The Morgan fingerprint density at radius 1 is 1.27 bits per heavy atom. The maximum Gasteiger partial charge on any atom is 0.262 e. The van der Waals surface area contributed by atoms with Gasteiger partial charge in [-0.05, 0) is 39.0 Å². The third-order valence-electron chi connectivity index (χ3n) is 3.56. The zero-order valence-electron chi connectivity index (χ0n) is 14.7. The Morgan fingerprint density at radius 2 is 2.08 bits per heavy atom. The van der Waals surface area contributed by atoms with Crippen LogP contribution in [0.4, 0.5) is 5.13 Å². The first-order chi connectivity index (χ1) is 12.6. The largest absolute Gasteiger partial charge is 0.494 e. The standard InChI is InChI=1S/C18H19N3O4S/c1-4-23-12-6-7-16(24-5-2)13(8-12)15-10-26-18(20-15)21-17(22)14-9-19-25-11(14)3/h6-10H,4-5H2,1-3H3,(H,20,21,22). The van der Waals surface area contributed by atoms with Gasteiger partial charge in [-0.2, -0.15) is 0 Å².